The van der Waals surface area contributed by atoms with Gasteiger partial charge in [0.2, 0.25) is 11.5 Å². The van der Waals surface area contributed by atoms with Gasteiger partial charge in [0, 0.05) is 18.9 Å². The van der Waals surface area contributed by atoms with Crippen LogP contribution in [0, 0.1) is 0 Å². The van der Waals surface area contributed by atoms with E-state index in [1.165, 1.54) is 59.8 Å². The standard InChI is InChI=1S/C26H27N2O9P.2Na/c1-33-18-10-9-14(11-17(18)28-38(30,31)32)22-23-16(7-6-8-19(23)34-2)27-24(22)25(29)15-12-20(35-3)26(37-5)21(13-15)36-4;;/h6-13,27H,1-5H3,(H3,28,30,31,32);;/q;2*+1/p-2. The predicted molar refractivity (Wildman–Crippen MR) is 138 cm³/mol. The van der Waals surface area contributed by atoms with E-state index in [9.17, 15) is 19.1 Å². The quantitative estimate of drug-likeness (QED) is 0.115. The summed E-state index contributed by atoms with van der Waals surface area (Å²) < 4.78 is 38.5. The van der Waals surface area contributed by atoms with Crippen molar-refractivity contribution in [3.8, 4) is 39.9 Å². The summed E-state index contributed by atoms with van der Waals surface area (Å²) in [5.41, 5.74) is 1.79. The third-order valence-corrected chi connectivity index (χ3v) is 6.42. The van der Waals surface area contributed by atoms with Crippen LogP contribution in [0.1, 0.15) is 16.1 Å². The van der Waals surface area contributed by atoms with E-state index >= 15 is 0 Å². The SMILES string of the molecule is COc1ccc(-c2c(C(=O)c3cc(OC)c(OC)c(OC)c3)[nH]c3cccc(OC)c23)cc1NP(=O)([O-])[O-].[Na+].[Na+]. The number of carbonyl (C=O) groups excluding carboxylic acids is 1. The summed E-state index contributed by atoms with van der Waals surface area (Å²) in [7, 11) is 2.03. The first-order valence-corrected chi connectivity index (χ1v) is 12.7. The Morgan fingerprint density at radius 3 is 1.93 bits per heavy atom. The molecule has 4 rings (SSSR count). The van der Waals surface area contributed by atoms with Gasteiger partial charge in [0.25, 0.3) is 0 Å². The maximum atomic E-state index is 14.0. The molecule has 0 aliphatic rings. The van der Waals surface area contributed by atoms with Crippen LogP contribution in [0.4, 0.5) is 5.69 Å². The number of H-pyrrole nitrogens is 1. The molecule has 0 saturated carbocycles. The molecule has 4 aromatic rings. The Kier molecular flexibility index (Phi) is 12.0. The van der Waals surface area contributed by atoms with Crippen molar-refractivity contribution in [1.29, 1.82) is 0 Å². The third kappa shape index (κ3) is 6.82. The molecular weight excluding hydrogens is 561 g/mol. The minimum Gasteiger partial charge on any atom is -0.795 e. The van der Waals surface area contributed by atoms with Gasteiger partial charge in [0.15, 0.2) is 11.5 Å². The zero-order chi connectivity index (χ0) is 27.6. The molecule has 0 atom stereocenters. The van der Waals surface area contributed by atoms with Gasteiger partial charge in [-0.25, -0.2) is 0 Å². The fourth-order valence-electron chi connectivity index (χ4n) is 4.30. The maximum absolute atomic E-state index is 14.0. The number of benzene rings is 3. The number of anilines is 1. The molecule has 0 spiro atoms. The van der Waals surface area contributed by atoms with Crippen LogP contribution in [-0.2, 0) is 4.57 Å². The van der Waals surface area contributed by atoms with Gasteiger partial charge < -0.3 is 48.1 Å². The summed E-state index contributed by atoms with van der Waals surface area (Å²) in [6, 6.07) is 12.9. The largest absolute Gasteiger partial charge is 1.00 e. The number of aromatic nitrogens is 1. The molecule has 3 aromatic carbocycles. The van der Waals surface area contributed by atoms with Gasteiger partial charge in [-0.1, -0.05) is 12.1 Å². The smallest absolute Gasteiger partial charge is 0.795 e. The number of aromatic amines is 1. The van der Waals surface area contributed by atoms with Crippen molar-refractivity contribution in [1.82, 2.24) is 4.98 Å². The number of hydrogen-bond donors (Lipinski definition) is 2. The van der Waals surface area contributed by atoms with E-state index in [0.29, 0.717) is 45.0 Å². The molecule has 1 heterocycles. The maximum Gasteiger partial charge on any atom is 1.00 e. The summed E-state index contributed by atoms with van der Waals surface area (Å²) in [6.07, 6.45) is 0. The van der Waals surface area contributed by atoms with Crippen LogP contribution >= 0.6 is 7.75 Å². The van der Waals surface area contributed by atoms with Crippen LogP contribution in [0.3, 0.4) is 0 Å². The number of ether oxygens (including phenoxy) is 5. The number of hydrogen-bond acceptors (Lipinski definition) is 9. The van der Waals surface area contributed by atoms with Crippen molar-refractivity contribution in [3.05, 3.63) is 59.8 Å². The minimum absolute atomic E-state index is 0. The van der Waals surface area contributed by atoms with Crippen LogP contribution in [-0.4, -0.2) is 46.3 Å². The van der Waals surface area contributed by atoms with Gasteiger partial charge in [0.1, 0.15) is 11.5 Å². The topological polar surface area (TPSA) is 154 Å². The zero-order valence-corrected chi connectivity index (χ0v) is 28.1. The molecule has 2 N–H and O–H groups in total. The summed E-state index contributed by atoms with van der Waals surface area (Å²) in [5.74, 6) is 1.11. The van der Waals surface area contributed by atoms with E-state index in [4.69, 9.17) is 23.7 Å². The fourth-order valence-corrected chi connectivity index (χ4v) is 4.77. The van der Waals surface area contributed by atoms with Gasteiger partial charge in [0.05, 0.1) is 57.8 Å². The number of fused-ring (bicyclic) bond motifs is 1. The molecule has 0 radical (unpaired) electrons. The van der Waals surface area contributed by atoms with E-state index in [0.717, 1.165) is 0 Å². The monoisotopic (exact) mass is 586 g/mol. The molecule has 0 aliphatic carbocycles. The molecule has 1 aromatic heterocycles. The number of methoxy groups -OCH3 is 5. The Hall–Kier alpha value is -2.18. The molecule has 0 amide bonds. The molecule has 0 aliphatic heterocycles. The molecule has 11 nitrogen and oxygen atoms in total. The van der Waals surface area contributed by atoms with Crippen LogP contribution in [0.5, 0.6) is 28.7 Å². The van der Waals surface area contributed by atoms with E-state index in [1.807, 2.05) is 5.09 Å². The molecule has 14 heteroatoms. The normalized spacial score (nSPS) is 10.7. The second kappa shape index (κ2) is 14.1. The van der Waals surface area contributed by atoms with Gasteiger partial charge in [-0.3, -0.25) is 4.79 Å². The van der Waals surface area contributed by atoms with Crippen LogP contribution in [0.15, 0.2) is 48.5 Å². The van der Waals surface area contributed by atoms with Crippen LogP contribution in [0.25, 0.3) is 22.0 Å². The van der Waals surface area contributed by atoms with Crippen LogP contribution in [0.2, 0.25) is 0 Å². The number of ketones is 1. The minimum atomic E-state index is -5.16. The number of carbonyl (C=O) groups is 1. The molecular formula is C26H25N2Na2O9P. The van der Waals surface area contributed by atoms with Crippen molar-refractivity contribution < 1.29 is 102 Å². The molecule has 0 unspecified atom stereocenters. The van der Waals surface area contributed by atoms with Crippen molar-refractivity contribution in [2.45, 2.75) is 0 Å². The van der Waals surface area contributed by atoms with Gasteiger partial charge in [-0.15, -0.1) is 0 Å². The Morgan fingerprint density at radius 2 is 1.40 bits per heavy atom. The van der Waals surface area contributed by atoms with Crippen molar-refractivity contribution >= 4 is 30.1 Å². The van der Waals surface area contributed by atoms with Gasteiger partial charge >= 0.3 is 59.1 Å². The van der Waals surface area contributed by atoms with E-state index < -0.39 is 13.5 Å². The Morgan fingerprint density at radius 1 is 0.800 bits per heavy atom. The molecule has 0 fully saturated rings. The third-order valence-electron chi connectivity index (χ3n) is 5.91. The van der Waals surface area contributed by atoms with Gasteiger partial charge in [-0.2, -0.15) is 0 Å². The molecule has 200 valence electrons. The Labute approximate surface area is 275 Å². The first-order valence-electron chi connectivity index (χ1n) is 11.2. The summed E-state index contributed by atoms with van der Waals surface area (Å²) >= 11 is 0. The van der Waals surface area contributed by atoms with E-state index in [2.05, 4.69) is 4.98 Å². The first kappa shape index (κ1) is 34.0. The number of rotatable bonds is 10. The van der Waals surface area contributed by atoms with Crippen molar-refractivity contribution in [2.24, 2.45) is 0 Å². The Bertz CT molecular complexity index is 1540. The average molecular weight is 586 g/mol. The molecule has 40 heavy (non-hydrogen) atoms. The zero-order valence-electron chi connectivity index (χ0n) is 23.2. The molecule has 0 saturated heterocycles. The predicted octanol–water partition coefficient (Wildman–Crippen LogP) is -2.64. The van der Waals surface area contributed by atoms with Crippen molar-refractivity contribution in [2.75, 3.05) is 40.6 Å². The number of nitrogens with one attached hydrogen (secondary N) is 2. The first-order chi connectivity index (χ1) is 18.1. The van der Waals surface area contributed by atoms with E-state index in [1.54, 1.807) is 24.3 Å². The van der Waals surface area contributed by atoms with E-state index in [-0.39, 0.29) is 81.8 Å². The summed E-state index contributed by atoms with van der Waals surface area (Å²) in [4.78, 5) is 40.1. The van der Waals surface area contributed by atoms with Crippen molar-refractivity contribution in [3.63, 3.8) is 0 Å². The summed E-state index contributed by atoms with van der Waals surface area (Å²) in [6.45, 7) is 0. The molecule has 0 bridgehead atoms. The average Bonchev–Trinajstić information content (AvgIpc) is 3.30. The fraction of sp³-hybridized carbons (Fsp3) is 0.192. The van der Waals surface area contributed by atoms with Crippen LogP contribution < -0.4 is 97.7 Å². The van der Waals surface area contributed by atoms with Gasteiger partial charge in [-0.05, 0) is 42.0 Å². The Balaban J connectivity index is 0.00000280. The second-order valence-electron chi connectivity index (χ2n) is 8.03. The summed E-state index contributed by atoms with van der Waals surface area (Å²) in [5, 5.41) is 2.53. The second-order valence-corrected chi connectivity index (χ2v) is 9.24.